The van der Waals surface area contributed by atoms with Crippen molar-refractivity contribution in [1.82, 2.24) is 15.1 Å². The van der Waals surface area contributed by atoms with Crippen molar-refractivity contribution >= 4 is 23.5 Å². The summed E-state index contributed by atoms with van der Waals surface area (Å²) in [6.45, 7) is 4.86. The van der Waals surface area contributed by atoms with Gasteiger partial charge in [-0.15, -0.1) is 0 Å². The predicted molar refractivity (Wildman–Crippen MR) is 103 cm³/mol. The number of piperidine rings is 1. The Morgan fingerprint density at radius 1 is 1.37 bits per heavy atom. The van der Waals surface area contributed by atoms with Crippen molar-refractivity contribution in [2.45, 2.75) is 33.1 Å². The largest absolute Gasteiger partial charge is 0.466 e. The molecule has 1 aliphatic heterocycles. The summed E-state index contributed by atoms with van der Waals surface area (Å²) in [4.78, 5) is 27.5. The molecule has 2 heterocycles. The fourth-order valence-corrected chi connectivity index (χ4v) is 3.91. The Morgan fingerprint density at radius 3 is 2.85 bits per heavy atom. The number of benzene rings is 1. The van der Waals surface area contributed by atoms with Crippen LogP contribution in [-0.2, 0) is 16.0 Å². The molecular weight excluding hydrogens is 366 g/mol. The van der Waals surface area contributed by atoms with E-state index in [1.165, 1.54) is 0 Å². The minimum absolute atomic E-state index is 0.168. The van der Waals surface area contributed by atoms with Crippen LogP contribution in [0.5, 0.6) is 0 Å². The highest BCUT2D eigenvalue weighted by molar-refractivity contribution is 6.30. The normalized spacial score (nSPS) is 19.7. The second-order valence-electron chi connectivity index (χ2n) is 7.07. The maximum Gasteiger partial charge on any atom is 0.314 e. The number of amides is 1. The number of hydrogen-bond donors (Lipinski definition) is 1. The highest BCUT2D eigenvalue weighted by Gasteiger charge is 2.45. The number of ether oxygens (including phenoxy) is 1. The van der Waals surface area contributed by atoms with Crippen LogP contribution in [0.25, 0.3) is 0 Å². The molecule has 3 rings (SSSR count). The molecule has 6 nitrogen and oxygen atoms in total. The Balaban J connectivity index is 1.87. The lowest BCUT2D eigenvalue weighted by atomic mass is 9.75. The Labute approximate surface area is 163 Å². The number of aromatic nitrogens is 2. The summed E-state index contributed by atoms with van der Waals surface area (Å²) in [5, 5.41) is 7.49. The molecule has 0 radical (unpaired) electrons. The van der Waals surface area contributed by atoms with Crippen LogP contribution in [0.1, 0.15) is 41.5 Å². The maximum absolute atomic E-state index is 12.9. The summed E-state index contributed by atoms with van der Waals surface area (Å²) in [6.07, 6.45) is 1.88. The van der Waals surface area contributed by atoms with Gasteiger partial charge in [0.2, 0.25) is 0 Å². The Bertz CT molecular complexity index is 835. The molecule has 27 heavy (non-hydrogen) atoms. The second-order valence-corrected chi connectivity index (χ2v) is 7.51. The van der Waals surface area contributed by atoms with Crippen LogP contribution in [0.4, 0.5) is 0 Å². The number of esters is 1. The lowest BCUT2D eigenvalue weighted by Crippen LogP contribution is -2.51. The van der Waals surface area contributed by atoms with Crippen molar-refractivity contribution in [3.05, 3.63) is 52.3 Å². The van der Waals surface area contributed by atoms with Crippen molar-refractivity contribution in [1.29, 1.82) is 0 Å². The molecule has 1 aromatic carbocycles. The van der Waals surface area contributed by atoms with Crippen LogP contribution in [0.3, 0.4) is 0 Å². The molecule has 0 spiro atoms. The van der Waals surface area contributed by atoms with Gasteiger partial charge in [-0.3, -0.25) is 14.7 Å². The minimum atomic E-state index is -0.778. The molecule has 0 aliphatic carbocycles. The van der Waals surface area contributed by atoms with Crippen LogP contribution < -0.4 is 0 Å². The van der Waals surface area contributed by atoms with E-state index in [2.05, 4.69) is 10.2 Å². The highest BCUT2D eigenvalue weighted by atomic mass is 35.5. The fraction of sp³-hybridized carbons (Fsp3) is 0.450. The topological polar surface area (TPSA) is 75.3 Å². The standard InChI is InChI=1S/C20H24ClN3O3/c1-3-27-19(26)20(12-15-6-4-7-16(21)11-15)8-5-9-24(13-20)18(25)17-10-14(2)22-23-17/h4,6-7,10-11H,3,5,8-9,12-13H2,1-2H3,(H,22,23)/t20-/m0/s1. The van der Waals surface area contributed by atoms with Gasteiger partial charge in [0.05, 0.1) is 12.0 Å². The summed E-state index contributed by atoms with van der Waals surface area (Å²) in [7, 11) is 0. The zero-order chi connectivity index (χ0) is 19.4. The Hall–Kier alpha value is -2.34. The molecule has 1 fully saturated rings. The van der Waals surface area contributed by atoms with E-state index >= 15 is 0 Å². The van der Waals surface area contributed by atoms with E-state index in [-0.39, 0.29) is 11.9 Å². The first-order valence-corrected chi connectivity index (χ1v) is 9.54. The van der Waals surface area contributed by atoms with E-state index in [4.69, 9.17) is 16.3 Å². The van der Waals surface area contributed by atoms with Gasteiger partial charge in [-0.1, -0.05) is 23.7 Å². The number of aryl methyl sites for hydroxylation is 1. The smallest absolute Gasteiger partial charge is 0.314 e. The third-order valence-electron chi connectivity index (χ3n) is 4.93. The van der Waals surface area contributed by atoms with Crippen molar-refractivity contribution in [3.8, 4) is 0 Å². The zero-order valence-corrected chi connectivity index (χ0v) is 16.4. The van der Waals surface area contributed by atoms with Crippen molar-refractivity contribution in [2.75, 3.05) is 19.7 Å². The molecule has 2 aromatic rings. The summed E-state index contributed by atoms with van der Waals surface area (Å²) in [5.74, 6) is -0.431. The third kappa shape index (κ3) is 4.33. The van der Waals surface area contributed by atoms with Gasteiger partial charge in [0.15, 0.2) is 0 Å². The molecule has 1 aromatic heterocycles. The van der Waals surface area contributed by atoms with Gasteiger partial charge in [0, 0.05) is 23.8 Å². The summed E-state index contributed by atoms with van der Waals surface area (Å²) < 4.78 is 5.39. The van der Waals surface area contributed by atoms with Gasteiger partial charge in [-0.05, 0) is 56.9 Å². The monoisotopic (exact) mass is 389 g/mol. The average Bonchev–Trinajstić information content (AvgIpc) is 3.08. The molecule has 1 saturated heterocycles. The number of nitrogens with one attached hydrogen (secondary N) is 1. The SMILES string of the molecule is CCOC(=O)[C@]1(Cc2cccc(Cl)c2)CCCN(C(=O)c2cc(C)[nH]n2)C1. The number of hydrogen-bond acceptors (Lipinski definition) is 4. The van der Waals surface area contributed by atoms with Gasteiger partial charge in [-0.25, -0.2) is 0 Å². The molecule has 144 valence electrons. The second kappa shape index (κ2) is 8.13. The van der Waals surface area contributed by atoms with Gasteiger partial charge in [0.25, 0.3) is 5.91 Å². The number of likely N-dealkylation sites (tertiary alicyclic amines) is 1. The van der Waals surface area contributed by atoms with Crippen LogP contribution >= 0.6 is 11.6 Å². The summed E-state index contributed by atoms with van der Waals surface area (Å²) in [5.41, 5.74) is 1.38. The van der Waals surface area contributed by atoms with Gasteiger partial charge in [0.1, 0.15) is 5.69 Å². The van der Waals surface area contributed by atoms with E-state index in [0.29, 0.717) is 43.3 Å². The minimum Gasteiger partial charge on any atom is -0.466 e. The molecular formula is C20H24ClN3O3. The van der Waals surface area contributed by atoms with Crippen molar-refractivity contribution in [2.24, 2.45) is 5.41 Å². The molecule has 0 bridgehead atoms. The van der Waals surface area contributed by atoms with Gasteiger partial charge < -0.3 is 9.64 Å². The number of halogens is 1. The quantitative estimate of drug-likeness (QED) is 0.795. The van der Waals surface area contributed by atoms with Crippen LogP contribution in [-0.4, -0.2) is 46.7 Å². The fourth-order valence-electron chi connectivity index (χ4n) is 3.70. The molecule has 0 unspecified atom stereocenters. The summed E-state index contributed by atoms with van der Waals surface area (Å²) >= 11 is 6.12. The van der Waals surface area contributed by atoms with Crippen LogP contribution in [0.2, 0.25) is 5.02 Å². The molecule has 1 atom stereocenters. The lowest BCUT2D eigenvalue weighted by molar-refractivity contribution is -0.158. The third-order valence-corrected chi connectivity index (χ3v) is 5.16. The number of rotatable bonds is 5. The first-order valence-electron chi connectivity index (χ1n) is 9.16. The van der Waals surface area contributed by atoms with E-state index in [0.717, 1.165) is 17.7 Å². The maximum atomic E-state index is 12.9. The number of nitrogens with zero attached hydrogens (tertiary/aromatic N) is 2. The molecule has 7 heteroatoms. The van der Waals surface area contributed by atoms with E-state index in [1.807, 2.05) is 25.1 Å². The van der Waals surface area contributed by atoms with E-state index in [9.17, 15) is 9.59 Å². The van der Waals surface area contributed by atoms with Crippen molar-refractivity contribution < 1.29 is 14.3 Å². The average molecular weight is 390 g/mol. The van der Waals surface area contributed by atoms with E-state index in [1.54, 1.807) is 24.0 Å². The Morgan fingerprint density at radius 2 is 2.19 bits per heavy atom. The number of carbonyl (C=O) groups excluding carboxylic acids is 2. The first-order chi connectivity index (χ1) is 12.9. The number of carbonyl (C=O) groups is 2. The van der Waals surface area contributed by atoms with Gasteiger partial charge in [-0.2, -0.15) is 5.10 Å². The Kier molecular flexibility index (Phi) is 5.85. The predicted octanol–water partition coefficient (Wildman–Crippen LogP) is 3.40. The van der Waals surface area contributed by atoms with E-state index < -0.39 is 5.41 Å². The lowest BCUT2D eigenvalue weighted by Gasteiger charge is -2.41. The number of H-pyrrole nitrogens is 1. The van der Waals surface area contributed by atoms with Crippen LogP contribution in [0, 0.1) is 12.3 Å². The highest BCUT2D eigenvalue weighted by Crippen LogP contribution is 2.36. The summed E-state index contributed by atoms with van der Waals surface area (Å²) in [6, 6.07) is 9.21. The molecule has 1 amide bonds. The van der Waals surface area contributed by atoms with Gasteiger partial charge >= 0.3 is 5.97 Å². The first kappa shape index (κ1) is 19.4. The molecule has 1 aliphatic rings. The molecule has 1 N–H and O–H groups in total. The molecule has 0 saturated carbocycles. The van der Waals surface area contributed by atoms with Crippen molar-refractivity contribution in [3.63, 3.8) is 0 Å². The zero-order valence-electron chi connectivity index (χ0n) is 15.6. The van der Waals surface area contributed by atoms with Crippen LogP contribution in [0.15, 0.2) is 30.3 Å². The number of aromatic amines is 1.